The maximum Gasteiger partial charge on any atom is 0.211 e. The lowest BCUT2D eigenvalue weighted by Gasteiger charge is -2.24. The fraction of sp³-hybridized carbons (Fsp3) is 0.294. The van der Waals surface area contributed by atoms with Crippen molar-refractivity contribution in [3.8, 4) is 5.75 Å². The van der Waals surface area contributed by atoms with E-state index >= 15 is 0 Å². The molecule has 1 fully saturated rings. The summed E-state index contributed by atoms with van der Waals surface area (Å²) in [4.78, 5) is 0.323. The topological polar surface area (TPSA) is 55.4 Å². The number of hydrogen-bond acceptors (Lipinski definition) is 4. The van der Waals surface area contributed by atoms with Crippen LogP contribution in [0.5, 0.6) is 5.75 Å². The number of rotatable bonds is 2. The Bertz CT molecular complexity index is 866. The second kappa shape index (κ2) is 5.51. The van der Waals surface area contributed by atoms with Crippen molar-refractivity contribution < 1.29 is 13.2 Å². The number of fused-ring (bicyclic) bond motifs is 3. The SMILES string of the molecule is O=S(=O)(c1ccccc1Cl)c1cccc2c1OC1CNCCC21. The van der Waals surface area contributed by atoms with E-state index in [1.54, 1.807) is 30.3 Å². The molecule has 0 aliphatic carbocycles. The lowest BCUT2D eigenvalue weighted by atomic mass is 9.90. The number of ether oxygens (including phenoxy) is 1. The van der Waals surface area contributed by atoms with Crippen LogP contribution in [0.15, 0.2) is 52.3 Å². The Morgan fingerprint density at radius 3 is 2.70 bits per heavy atom. The van der Waals surface area contributed by atoms with Crippen molar-refractivity contribution in [1.82, 2.24) is 5.32 Å². The Balaban J connectivity index is 1.86. The molecule has 4 nitrogen and oxygen atoms in total. The van der Waals surface area contributed by atoms with E-state index in [1.165, 1.54) is 6.07 Å². The Hall–Kier alpha value is -1.56. The molecule has 2 atom stereocenters. The molecule has 1 saturated heterocycles. The zero-order chi connectivity index (χ0) is 16.0. The van der Waals surface area contributed by atoms with Gasteiger partial charge in [0.05, 0.1) is 9.92 Å². The molecule has 2 aromatic rings. The third kappa shape index (κ3) is 2.35. The summed E-state index contributed by atoms with van der Waals surface area (Å²) in [6, 6.07) is 11.9. The number of sulfone groups is 1. The minimum absolute atomic E-state index is 0.00125. The molecule has 6 heteroatoms. The average Bonchev–Trinajstić information content (AvgIpc) is 2.93. The smallest absolute Gasteiger partial charge is 0.211 e. The van der Waals surface area contributed by atoms with Gasteiger partial charge in [-0.3, -0.25) is 0 Å². The summed E-state index contributed by atoms with van der Waals surface area (Å²) >= 11 is 6.10. The first-order valence-corrected chi connectivity index (χ1v) is 9.45. The number of piperidine rings is 1. The average molecular weight is 350 g/mol. The molecule has 23 heavy (non-hydrogen) atoms. The highest BCUT2D eigenvalue weighted by atomic mass is 35.5. The van der Waals surface area contributed by atoms with Gasteiger partial charge in [0.1, 0.15) is 16.7 Å². The molecule has 2 aliphatic rings. The third-order valence-corrected chi connectivity index (χ3v) is 6.80. The van der Waals surface area contributed by atoms with Crippen molar-refractivity contribution in [3.63, 3.8) is 0 Å². The molecule has 0 amide bonds. The third-order valence-electron chi connectivity index (χ3n) is 4.52. The first-order valence-electron chi connectivity index (χ1n) is 7.59. The van der Waals surface area contributed by atoms with Gasteiger partial charge >= 0.3 is 0 Å². The summed E-state index contributed by atoms with van der Waals surface area (Å²) in [5.74, 6) is 0.749. The quantitative estimate of drug-likeness (QED) is 0.905. The van der Waals surface area contributed by atoms with Gasteiger partial charge in [-0.05, 0) is 31.2 Å². The molecular formula is C17H16ClNO3S. The normalized spacial score (nSPS) is 23.0. The lowest BCUT2D eigenvalue weighted by molar-refractivity contribution is 0.173. The molecule has 2 heterocycles. The van der Waals surface area contributed by atoms with Crippen LogP contribution in [-0.2, 0) is 9.84 Å². The van der Waals surface area contributed by atoms with Crippen molar-refractivity contribution >= 4 is 21.4 Å². The monoisotopic (exact) mass is 349 g/mol. The van der Waals surface area contributed by atoms with Gasteiger partial charge in [0.25, 0.3) is 0 Å². The van der Waals surface area contributed by atoms with Crippen molar-refractivity contribution in [2.24, 2.45) is 0 Å². The van der Waals surface area contributed by atoms with Crippen LogP contribution < -0.4 is 10.1 Å². The summed E-state index contributed by atoms with van der Waals surface area (Å²) in [6.45, 7) is 1.66. The van der Waals surface area contributed by atoms with E-state index in [2.05, 4.69) is 5.32 Å². The predicted molar refractivity (Wildman–Crippen MR) is 88.0 cm³/mol. The number of benzene rings is 2. The molecule has 120 valence electrons. The van der Waals surface area contributed by atoms with Crippen LogP contribution >= 0.6 is 11.6 Å². The van der Waals surface area contributed by atoms with Crippen molar-refractivity contribution in [1.29, 1.82) is 0 Å². The first-order chi connectivity index (χ1) is 11.1. The van der Waals surface area contributed by atoms with Crippen molar-refractivity contribution in [3.05, 3.63) is 53.1 Å². The van der Waals surface area contributed by atoms with Crippen LogP contribution in [0, 0.1) is 0 Å². The summed E-state index contributed by atoms with van der Waals surface area (Å²) in [5.41, 5.74) is 0.990. The molecule has 0 radical (unpaired) electrons. The van der Waals surface area contributed by atoms with E-state index in [0.717, 1.165) is 25.1 Å². The molecule has 1 N–H and O–H groups in total. The highest BCUT2D eigenvalue weighted by Crippen LogP contribution is 2.46. The van der Waals surface area contributed by atoms with E-state index in [0.29, 0.717) is 5.75 Å². The summed E-state index contributed by atoms with van der Waals surface area (Å²) in [7, 11) is -3.72. The number of para-hydroxylation sites is 1. The maximum absolute atomic E-state index is 13.0. The molecule has 4 rings (SSSR count). The van der Waals surface area contributed by atoms with Crippen molar-refractivity contribution in [2.45, 2.75) is 28.2 Å². The highest BCUT2D eigenvalue weighted by molar-refractivity contribution is 7.91. The molecule has 2 aliphatic heterocycles. The van der Waals surface area contributed by atoms with Gasteiger partial charge in [-0.1, -0.05) is 35.9 Å². The first kappa shape index (κ1) is 15.0. The minimum Gasteiger partial charge on any atom is -0.487 e. The van der Waals surface area contributed by atoms with Gasteiger partial charge in [0.15, 0.2) is 0 Å². The molecule has 0 aromatic heterocycles. The Kier molecular flexibility index (Phi) is 3.59. The van der Waals surface area contributed by atoms with Crippen LogP contribution in [0.25, 0.3) is 0 Å². The largest absolute Gasteiger partial charge is 0.487 e. The van der Waals surface area contributed by atoms with Gasteiger partial charge < -0.3 is 10.1 Å². The van der Waals surface area contributed by atoms with Gasteiger partial charge in [-0.15, -0.1) is 0 Å². The van der Waals surface area contributed by atoms with Crippen LogP contribution in [0.2, 0.25) is 5.02 Å². The lowest BCUT2D eigenvalue weighted by Crippen LogP contribution is -2.39. The van der Waals surface area contributed by atoms with Crippen LogP contribution in [0.1, 0.15) is 17.9 Å². The number of nitrogens with one attached hydrogen (secondary N) is 1. The fourth-order valence-electron chi connectivity index (χ4n) is 3.40. The van der Waals surface area contributed by atoms with Gasteiger partial charge in [-0.25, -0.2) is 8.42 Å². The molecule has 0 spiro atoms. The molecule has 0 saturated carbocycles. The van der Waals surface area contributed by atoms with Crippen LogP contribution in [0.3, 0.4) is 0 Å². The van der Waals surface area contributed by atoms with Crippen molar-refractivity contribution in [2.75, 3.05) is 13.1 Å². The van der Waals surface area contributed by atoms with Gasteiger partial charge in [0, 0.05) is 18.0 Å². The Morgan fingerprint density at radius 1 is 1.09 bits per heavy atom. The standard InChI is InChI=1S/C17H16ClNO3S/c18-13-5-1-2-6-15(13)23(20,21)16-7-3-4-12-11-8-9-19-10-14(11)22-17(12)16/h1-7,11,14,19H,8-10H2. The summed E-state index contributed by atoms with van der Waals surface area (Å²) < 4.78 is 32.1. The predicted octanol–water partition coefficient (Wildman–Crippen LogP) is 3.01. The van der Waals surface area contributed by atoms with Crippen LogP contribution in [0.4, 0.5) is 0 Å². The second-order valence-corrected chi connectivity index (χ2v) is 8.16. The Morgan fingerprint density at radius 2 is 1.87 bits per heavy atom. The second-order valence-electron chi connectivity index (χ2n) is 5.86. The number of hydrogen-bond donors (Lipinski definition) is 1. The molecule has 2 unspecified atom stereocenters. The Labute approximate surface area is 140 Å². The van der Waals surface area contributed by atoms with E-state index in [-0.39, 0.29) is 26.8 Å². The van der Waals surface area contributed by atoms with Crippen LogP contribution in [-0.4, -0.2) is 27.6 Å². The zero-order valence-electron chi connectivity index (χ0n) is 12.3. The maximum atomic E-state index is 13.0. The summed E-state index contributed by atoms with van der Waals surface area (Å²) in [6.07, 6.45) is 0.953. The van der Waals surface area contributed by atoms with E-state index < -0.39 is 9.84 Å². The van der Waals surface area contributed by atoms with Gasteiger partial charge in [-0.2, -0.15) is 0 Å². The van der Waals surface area contributed by atoms with E-state index in [4.69, 9.17) is 16.3 Å². The van der Waals surface area contributed by atoms with E-state index in [1.807, 2.05) is 6.07 Å². The highest BCUT2D eigenvalue weighted by Gasteiger charge is 2.39. The minimum atomic E-state index is -3.72. The zero-order valence-corrected chi connectivity index (χ0v) is 13.9. The molecule has 2 aromatic carbocycles. The number of halogens is 1. The molecule has 0 bridgehead atoms. The summed E-state index contributed by atoms with van der Waals surface area (Å²) in [5, 5.41) is 3.52. The van der Waals surface area contributed by atoms with E-state index in [9.17, 15) is 8.42 Å². The fourth-order valence-corrected chi connectivity index (χ4v) is 5.33. The molecular weight excluding hydrogens is 334 g/mol. The van der Waals surface area contributed by atoms with Gasteiger partial charge in [0.2, 0.25) is 9.84 Å².